The van der Waals surface area contributed by atoms with Gasteiger partial charge in [-0.2, -0.15) is 0 Å². The van der Waals surface area contributed by atoms with E-state index < -0.39 is 15.6 Å². The Balaban J connectivity index is 2.68. The van der Waals surface area contributed by atoms with Crippen molar-refractivity contribution >= 4 is 21.0 Å². The highest BCUT2D eigenvalue weighted by Crippen LogP contribution is 2.18. The zero-order valence-electron chi connectivity index (χ0n) is 8.95. The molecule has 0 aliphatic heterocycles. The maximum absolute atomic E-state index is 11.8. The fourth-order valence-corrected chi connectivity index (χ4v) is 2.23. The third-order valence-electron chi connectivity index (χ3n) is 2.27. The summed E-state index contributed by atoms with van der Waals surface area (Å²) >= 11 is 0. The van der Waals surface area contributed by atoms with Gasteiger partial charge in [-0.05, 0) is 24.3 Å². The Morgan fingerprint density at radius 2 is 1.94 bits per heavy atom. The third-order valence-corrected chi connectivity index (χ3v) is 3.88. The van der Waals surface area contributed by atoms with E-state index >= 15 is 0 Å². The molecule has 0 amide bonds. The molecule has 7 heteroatoms. The van der Waals surface area contributed by atoms with Crippen LogP contribution in [0.15, 0.2) is 44.4 Å². The van der Waals surface area contributed by atoms with Crippen molar-refractivity contribution in [2.24, 2.45) is 5.84 Å². The Morgan fingerprint density at radius 1 is 1.24 bits per heavy atom. The largest absolute Gasteiger partial charge is 0.423 e. The van der Waals surface area contributed by atoms with Crippen LogP contribution < -0.4 is 11.5 Å². The van der Waals surface area contributed by atoms with Crippen molar-refractivity contribution in [1.29, 1.82) is 0 Å². The molecule has 0 unspecified atom stereocenters. The van der Waals surface area contributed by atoms with Gasteiger partial charge >= 0.3 is 5.63 Å². The first-order valence-corrected chi connectivity index (χ1v) is 6.13. The number of benzene rings is 1. The molecule has 0 radical (unpaired) electrons. The Hall–Kier alpha value is -1.70. The van der Waals surface area contributed by atoms with E-state index in [0.29, 0.717) is 15.4 Å². The molecule has 1 heterocycles. The molecule has 2 N–H and O–H groups in total. The first kappa shape index (κ1) is 11.8. The number of hydrogen-bond donors (Lipinski definition) is 1. The molecule has 0 aliphatic rings. The summed E-state index contributed by atoms with van der Waals surface area (Å²) < 4.78 is 29.0. The van der Waals surface area contributed by atoms with E-state index in [0.717, 1.165) is 0 Å². The summed E-state index contributed by atoms with van der Waals surface area (Å²) in [5, 5.41) is 0.521. The molecular weight excluding hydrogens is 244 g/mol. The van der Waals surface area contributed by atoms with Crippen molar-refractivity contribution in [3.63, 3.8) is 0 Å². The van der Waals surface area contributed by atoms with E-state index in [2.05, 4.69) is 0 Å². The van der Waals surface area contributed by atoms with Crippen molar-refractivity contribution in [3.05, 3.63) is 40.8 Å². The van der Waals surface area contributed by atoms with Crippen LogP contribution in [0.2, 0.25) is 0 Å². The lowest BCUT2D eigenvalue weighted by molar-refractivity contribution is 0.486. The Morgan fingerprint density at radius 3 is 2.59 bits per heavy atom. The monoisotopic (exact) mass is 254 g/mol. The lowest BCUT2D eigenvalue weighted by Gasteiger charge is -2.10. The predicted molar refractivity (Wildman–Crippen MR) is 61.6 cm³/mol. The molecule has 17 heavy (non-hydrogen) atoms. The number of hydrogen-bond acceptors (Lipinski definition) is 5. The second-order valence-corrected chi connectivity index (χ2v) is 5.47. The highest BCUT2D eigenvalue weighted by atomic mass is 32.2. The Bertz CT molecular complexity index is 718. The molecule has 0 spiro atoms. The molecule has 0 saturated heterocycles. The average molecular weight is 254 g/mol. The van der Waals surface area contributed by atoms with Gasteiger partial charge in [-0.3, -0.25) is 5.84 Å². The SMILES string of the molecule is CN(N)S(=O)(=O)c1ccc2oc(=O)ccc2c1. The second kappa shape index (κ2) is 3.95. The van der Waals surface area contributed by atoms with Gasteiger partial charge in [0.15, 0.2) is 0 Å². The summed E-state index contributed by atoms with van der Waals surface area (Å²) in [6, 6.07) is 6.88. The summed E-state index contributed by atoms with van der Waals surface area (Å²) in [5.41, 5.74) is -0.153. The van der Waals surface area contributed by atoms with Crippen molar-refractivity contribution in [3.8, 4) is 0 Å². The van der Waals surface area contributed by atoms with Crippen molar-refractivity contribution in [1.82, 2.24) is 4.41 Å². The predicted octanol–water partition coefficient (Wildman–Crippen LogP) is 0.287. The van der Waals surface area contributed by atoms with Gasteiger partial charge in [-0.25, -0.2) is 13.2 Å². The van der Waals surface area contributed by atoms with E-state index in [1.54, 1.807) is 0 Å². The van der Waals surface area contributed by atoms with Gasteiger partial charge in [0.1, 0.15) is 5.58 Å². The van der Waals surface area contributed by atoms with Crippen LogP contribution >= 0.6 is 0 Å². The zero-order chi connectivity index (χ0) is 12.6. The maximum Gasteiger partial charge on any atom is 0.336 e. The first-order chi connectivity index (χ1) is 7.91. The molecule has 0 bridgehead atoms. The summed E-state index contributed by atoms with van der Waals surface area (Å²) in [7, 11) is -2.45. The molecule has 1 aromatic heterocycles. The molecule has 0 saturated carbocycles. The van der Waals surface area contributed by atoms with Crippen LogP contribution in [-0.2, 0) is 10.0 Å². The summed E-state index contributed by atoms with van der Waals surface area (Å²) in [6.07, 6.45) is 0. The van der Waals surface area contributed by atoms with Crippen molar-refractivity contribution < 1.29 is 12.8 Å². The minimum absolute atomic E-state index is 0.0452. The highest BCUT2D eigenvalue weighted by Gasteiger charge is 2.18. The minimum atomic E-state index is -3.69. The van der Waals surface area contributed by atoms with Gasteiger partial charge in [0, 0.05) is 18.5 Å². The van der Waals surface area contributed by atoms with Crippen LogP contribution in [0, 0.1) is 0 Å². The fraction of sp³-hybridized carbons (Fsp3) is 0.100. The maximum atomic E-state index is 11.8. The van der Waals surface area contributed by atoms with Gasteiger partial charge in [0.2, 0.25) is 0 Å². The molecule has 0 aliphatic carbocycles. The smallest absolute Gasteiger partial charge is 0.336 e. The van der Waals surface area contributed by atoms with Gasteiger partial charge in [-0.1, -0.05) is 0 Å². The van der Waals surface area contributed by atoms with Gasteiger partial charge < -0.3 is 4.42 Å². The molecule has 0 fully saturated rings. The van der Waals surface area contributed by atoms with Gasteiger partial charge in [0.05, 0.1) is 4.90 Å². The van der Waals surface area contributed by atoms with Crippen LogP contribution in [0.4, 0.5) is 0 Å². The number of hydrazine groups is 1. The molecule has 2 aromatic rings. The zero-order valence-corrected chi connectivity index (χ0v) is 9.77. The van der Waals surface area contributed by atoms with E-state index in [1.807, 2.05) is 0 Å². The number of nitrogens with two attached hydrogens (primary N) is 1. The molecule has 90 valence electrons. The number of nitrogens with zero attached hydrogens (tertiary/aromatic N) is 1. The lowest BCUT2D eigenvalue weighted by Crippen LogP contribution is -2.33. The molecule has 0 atom stereocenters. The second-order valence-electron chi connectivity index (χ2n) is 3.48. The standard InChI is InChI=1S/C10H10N2O4S/c1-12(11)17(14,15)8-3-4-9-7(6-8)2-5-10(13)16-9/h2-6H,11H2,1H3. The topological polar surface area (TPSA) is 93.6 Å². The fourth-order valence-electron chi connectivity index (χ4n) is 1.38. The van der Waals surface area contributed by atoms with E-state index in [9.17, 15) is 13.2 Å². The lowest BCUT2D eigenvalue weighted by atomic mass is 10.2. The normalized spacial score (nSPS) is 12.2. The van der Waals surface area contributed by atoms with E-state index in [-0.39, 0.29) is 4.90 Å². The molecular formula is C10H10N2O4S. The van der Waals surface area contributed by atoms with Crippen molar-refractivity contribution in [2.75, 3.05) is 7.05 Å². The Kier molecular flexibility index (Phi) is 2.74. The number of fused-ring (bicyclic) bond motifs is 1. The van der Waals surface area contributed by atoms with Gasteiger partial charge in [0.25, 0.3) is 10.0 Å². The van der Waals surface area contributed by atoms with Crippen LogP contribution in [0.5, 0.6) is 0 Å². The van der Waals surface area contributed by atoms with E-state index in [4.69, 9.17) is 10.3 Å². The van der Waals surface area contributed by atoms with E-state index in [1.165, 1.54) is 37.4 Å². The number of sulfonamides is 1. The third kappa shape index (κ3) is 2.07. The van der Waals surface area contributed by atoms with Crippen molar-refractivity contribution in [2.45, 2.75) is 4.90 Å². The summed E-state index contributed by atoms with van der Waals surface area (Å²) in [4.78, 5) is 11.0. The molecule has 6 nitrogen and oxygen atoms in total. The quantitative estimate of drug-likeness (QED) is 0.472. The Labute approximate surface area is 97.3 Å². The average Bonchev–Trinajstić information content (AvgIpc) is 2.28. The van der Waals surface area contributed by atoms with Crippen LogP contribution in [0.25, 0.3) is 11.0 Å². The molecule has 1 aromatic carbocycles. The first-order valence-electron chi connectivity index (χ1n) is 4.69. The highest BCUT2D eigenvalue weighted by molar-refractivity contribution is 7.89. The minimum Gasteiger partial charge on any atom is -0.423 e. The summed E-state index contributed by atoms with van der Waals surface area (Å²) in [6.45, 7) is 0. The van der Waals surface area contributed by atoms with Gasteiger partial charge in [-0.15, -0.1) is 4.41 Å². The summed E-state index contributed by atoms with van der Waals surface area (Å²) in [5.74, 6) is 5.24. The number of rotatable bonds is 2. The van der Waals surface area contributed by atoms with Crippen LogP contribution in [-0.4, -0.2) is 19.9 Å². The van der Waals surface area contributed by atoms with Crippen LogP contribution in [0.1, 0.15) is 0 Å². The molecule has 2 rings (SSSR count). The van der Waals surface area contributed by atoms with Crippen LogP contribution in [0.3, 0.4) is 0 Å².